The molecule has 22 heavy (non-hydrogen) atoms. The van der Waals surface area contributed by atoms with Crippen molar-refractivity contribution >= 4 is 23.1 Å². The van der Waals surface area contributed by atoms with Gasteiger partial charge >= 0.3 is 5.97 Å². The SMILES string of the molecule is O=C(O)c1nc(COc2ccccc2Cl)n2cc(O)ccc12. The Morgan fingerprint density at radius 3 is 2.77 bits per heavy atom. The molecule has 2 heterocycles. The van der Waals surface area contributed by atoms with Crippen LogP contribution in [-0.2, 0) is 6.61 Å². The topological polar surface area (TPSA) is 84.1 Å². The standard InChI is InChI=1S/C15H11ClN2O4/c16-10-3-1-2-4-12(10)22-8-13-17-14(15(20)21)11-6-5-9(19)7-18(11)13/h1-7,19H,8H2,(H,20,21). The third-order valence-electron chi connectivity index (χ3n) is 3.09. The van der Waals surface area contributed by atoms with Crippen molar-refractivity contribution in [2.45, 2.75) is 6.61 Å². The Morgan fingerprint density at radius 1 is 1.27 bits per heavy atom. The zero-order chi connectivity index (χ0) is 15.7. The van der Waals surface area contributed by atoms with Gasteiger partial charge in [0.2, 0.25) is 0 Å². The summed E-state index contributed by atoms with van der Waals surface area (Å²) >= 11 is 6.00. The summed E-state index contributed by atoms with van der Waals surface area (Å²) in [6.07, 6.45) is 1.39. The lowest BCUT2D eigenvalue weighted by Gasteiger charge is -2.07. The Morgan fingerprint density at radius 2 is 2.05 bits per heavy atom. The minimum atomic E-state index is -1.15. The lowest BCUT2D eigenvalue weighted by molar-refractivity contribution is 0.0693. The van der Waals surface area contributed by atoms with Crippen LogP contribution in [0.2, 0.25) is 5.02 Å². The highest BCUT2D eigenvalue weighted by Crippen LogP contribution is 2.25. The average molecular weight is 319 g/mol. The van der Waals surface area contributed by atoms with Crippen LogP contribution in [0.3, 0.4) is 0 Å². The number of aromatic nitrogens is 2. The summed E-state index contributed by atoms with van der Waals surface area (Å²) in [7, 11) is 0. The number of pyridine rings is 1. The second-order valence-corrected chi connectivity index (χ2v) is 4.95. The summed E-state index contributed by atoms with van der Waals surface area (Å²) in [5, 5.41) is 19.2. The van der Waals surface area contributed by atoms with E-state index in [1.165, 1.54) is 22.7 Å². The van der Waals surface area contributed by atoms with E-state index >= 15 is 0 Å². The normalized spacial score (nSPS) is 10.8. The van der Waals surface area contributed by atoms with Crippen LogP contribution in [0.25, 0.3) is 5.52 Å². The van der Waals surface area contributed by atoms with E-state index in [-0.39, 0.29) is 18.1 Å². The number of ether oxygens (including phenoxy) is 1. The fourth-order valence-electron chi connectivity index (χ4n) is 2.10. The van der Waals surface area contributed by atoms with Gasteiger partial charge in [-0.05, 0) is 24.3 Å². The number of nitrogens with zero attached hydrogens (tertiary/aromatic N) is 2. The number of aromatic carboxylic acids is 1. The predicted octanol–water partition coefficient (Wildman–Crippen LogP) is 2.97. The van der Waals surface area contributed by atoms with Crippen LogP contribution in [0.5, 0.6) is 11.5 Å². The third-order valence-corrected chi connectivity index (χ3v) is 3.40. The Balaban J connectivity index is 1.98. The van der Waals surface area contributed by atoms with Gasteiger partial charge in [0, 0.05) is 0 Å². The first-order valence-corrected chi connectivity index (χ1v) is 6.74. The van der Waals surface area contributed by atoms with E-state index in [4.69, 9.17) is 16.3 Å². The monoisotopic (exact) mass is 318 g/mol. The van der Waals surface area contributed by atoms with Gasteiger partial charge < -0.3 is 14.9 Å². The summed E-state index contributed by atoms with van der Waals surface area (Å²) in [5.74, 6) is -0.325. The van der Waals surface area contributed by atoms with Gasteiger partial charge in [0.15, 0.2) is 11.5 Å². The summed E-state index contributed by atoms with van der Waals surface area (Å²) in [4.78, 5) is 15.3. The molecule has 0 bridgehead atoms. The molecule has 0 unspecified atom stereocenters. The second kappa shape index (κ2) is 5.57. The minimum absolute atomic E-state index is 0.000771. The van der Waals surface area contributed by atoms with Crippen LogP contribution < -0.4 is 4.74 Å². The number of carboxylic acid groups (broad SMARTS) is 1. The Labute approximate surface area is 130 Å². The summed E-state index contributed by atoms with van der Waals surface area (Å²) in [5.41, 5.74) is 0.279. The highest BCUT2D eigenvalue weighted by Gasteiger charge is 2.17. The largest absolute Gasteiger partial charge is 0.506 e. The Kier molecular flexibility index (Phi) is 3.60. The molecule has 1 aromatic carbocycles. The summed E-state index contributed by atoms with van der Waals surface area (Å²) in [6.45, 7) is 0.0155. The van der Waals surface area contributed by atoms with Gasteiger partial charge in [-0.15, -0.1) is 0 Å². The van der Waals surface area contributed by atoms with Gasteiger partial charge in [0.1, 0.15) is 18.1 Å². The molecule has 3 rings (SSSR count). The lowest BCUT2D eigenvalue weighted by atomic mass is 10.3. The first-order chi connectivity index (χ1) is 10.6. The van der Waals surface area contributed by atoms with E-state index in [1.807, 2.05) is 0 Å². The van der Waals surface area contributed by atoms with Gasteiger partial charge in [-0.3, -0.25) is 4.40 Å². The van der Waals surface area contributed by atoms with Crippen molar-refractivity contribution in [3.8, 4) is 11.5 Å². The maximum Gasteiger partial charge on any atom is 0.356 e. The number of carboxylic acids is 1. The predicted molar refractivity (Wildman–Crippen MR) is 79.6 cm³/mol. The first-order valence-electron chi connectivity index (χ1n) is 6.37. The lowest BCUT2D eigenvalue weighted by Crippen LogP contribution is -2.02. The van der Waals surface area contributed by atoms with Crippen molar-refractivity contribution in [1.82, 2.24) is 9.38 Å². The number of para-hydroxylation sites is 1. The number of rotatable bonds is 4. The van der Waals surface area contributed by atoms with Crippen molar-refractivity contribution in [3.63, 3.8) is 0 Å². The van der Waals surface area contributed by atoms with Gasteiger partial charge in [-0.2, -0.15) is 0 Å². The molecular formula is C15H11ClN2O4. The summed E-state index contributed by atoms with van der Waals surface area (Å²) < 4.78 is 7.06. The molecular weight excluding hydrogens is 308 g/mol. The third kappa shape index (κ3) is 2.56. The van der Waals surface area contributed by atoms with Crippen LogP contribution in [0.4, 0.5) is 0 Å². The molecule has 0 fully saturated rings. The van der Waals surface area contributed by atoms with Gasteiger partial charge in [-0.1, -0.05) is 23.7 Å². The number of carbonyl (C=O) groups is 1. The number of imidazole rings is 1. The molecule has 0 aliphatic rings. The van der Waals surface area contributed by atoms with Crippen LogP contribution >= 0.6 is 11.6 Å². The van der Waals surface area contributed by atoms with Crippen LogP contribution in [0, 0.1) is 0 Å². The first kappa shape index (κ1) is 14.2. The van der Waals surface area contributed by atoms with Gasteiger partial charge in [0.25, 0.3) is 0 Å². The molecule has 0 atom stereocenters. The number of benzene rings is 1. The van der Waals surface area contributed by atoms with E-state index in [9.17, 15) is 15.0 Å². The molecule has 0 saturated heterocycles. The maximum atomic E-state index is 11.2. The van der Waals surface area contributed by atoms with Gasteiger partial charge in [0.05, 0.1) is 16.7 Å². The summed E-state index contributed by atoms with van der Waals surface area (Å²) in [6, 6.07) is 9.84. The Bertz CT molecular complexity index is 860. The molecule has 2 N–H and O–H groups in total. The molecule has 3 aromatic rings. The number of aromatic hydroxyl groups is 1. The maximum absolute atomic E-state index is 11.2. The van der Waals surface area contributed by atoms with Crippen molar-refractivity contribution < 1.29 is 19.7 Å². The van der Waals surface area contributed by atoms with Crippen molar-refractivity contribution in [2.75, 3.05) is 0 Å². The number of fused-ring (bicyclic) bond motifs is 1. The second-order valence-electron chi connectivity index (χ2n) is 4.54. The van der Waals surface area contributed by atoms with Gasteiger partial charge in [-0.25, -0.2) is 9.78 Å². The molecule has 112 valence electrons. The molecule has 0 amide bonds. The van der Waals surface area contributed by atoms with E-state index in [2.05, 4.69) is 4.98 Å². The van der Waals surface area contributed by atoms with Crippen molar-refractivity contribution in [3.05, 3.63) is 59.1 Å². The quantitative estimate of drug-likeness (QED) is 0.772. The molecule has 6 nitrogen and oxygen atoms in total. The number of hydrogen-bond donors (Lipinski definition) is 2. The number of halogens is 1. The fraction of sp³-hybridized carbons (Fsp3) is 0.0667. The molecule has 0 aliphatic heterocycles. The van der Waals surface area contributed by atoms with E-state index in [1.54, 1.807) is 24.3 Å². The van der Waals surface area contributed by atoms with Crippen molar-refractivity contribution in [1.29, 1.82) is 0 Å². The van der Waals surface area contributed by atoms with Crippen LogP contribution in [-0.4, -0.2) is 25.6 Å². The van der Waals surface area contributed by atoms with E-state index in [0.717, 1.165) is 0 Å². The van der Waals surface area contributed by atoms with Crippen LogP contribution in [0.1, 0.15) is 16.3 Å². The van der Waals surface area contributed by atoms with Crippen molar-refractivity contribution in [2.24, 2.45) is 0 Å². The molecule has 2 aromatic heterocycles. The highest BCUT2D eigenvalue weighted by atomic mass is 35.5. The molecule has 7 heteroatoms. The smallest absolute Gasteiger partial charge is 0.356 e. The minimum Gasteiger partial charge on any atom is -0.506 e. The van der Waals surface area contributed by atoms with E-state index < -0.39 is 5.97 Å². The number of hydrogen-bond acceptors (Lipinski definition) is 4. The zero-order valence-corrected chi connectivity index (χ0v) is 12.0. The molecule has 0 spiro atoms. The average Bonchev–Trinajstić information content (AvgIpc) is 2.84. The molecule has 0 saturated carbocycles. The van der Waals surface area contributed by atoms with Crippen LogP contribution in [0.15, 0.2) is 42.6 Å². The van der Waals surface area contributed by atoms with E-state index in [0.29, 0.717) is 22.1 Å². The zero-order valence-electron chi connectivity index (χ0n) is 11.2. The highest BCUT2D eigenvalue weighted by molar-refractivity contribution is 6.32. The molecule has 0 radical (unpaired) electrons. The molecule has 0 aliphatic carbocycles. The Hall–Kier alpha value is -2.73. The fourth-order valence-corrected chi connectivity index (χ4v) is 2.29.